The molecule has 9 heteroatoms. The van der Waals surface area contributed by atoms with E-state index in [0.29, 0.717) is 31.0 Å². The molecule has 0 N–H and O–H groups in total. The standard InChI is InChI=1S/C38H36N6OS2/c1-28-17-19-32(20-18-28)44-34(25-29-11-5-2-6-12-29)40-41-38(44)47-27-35-39-33(26-46-35)37(45)43-23-21-42(22-24-43)36(30-13-7-3-8-14-30)31-15-9-4-10-16-31/h2-20,26,36H,21-25,27H2,1H3. The Balaban J connectivity index is 1.02. The van der Waals surface area contributed by atoms with Gasteiger partial charge in [-0.05, 0) is 35.7 Å². The summed E-state index contributed by atoms with van der Waals surface area (Å²) in [4.78, 5) is 22.8. The van der Waals surface area contributed by atoms with Gasteiger partial charge in [0, 0.05) is 43.7 Å². The van der Waals surface area contributed by atoms with E-state index in [1.54, 1.807) is 11.8 Å². The predicted octanol–water partition coefficient (Wildman–Crippen LogP) is 7.46. The monoisotopic (exact) mass is 656 g/mol. The average Bonchev–Trinajstić information content (AvgIpc) is 3.76. The third-order valence-corrected chi connectivity index (χ3v) is 10.5. The van der Waals surface area contributed by atoms with Crippen molar-refractivity contribution >= 4 is 29.0 Å². The molecule has 1 fully saturated rings. The van der Waals surface area contributed by atoms with Crippen molar-refractivity contribution in [2.75, 3.05) is 26.2 Å². The molecule has 1 aliphatic heterocycles. The first-order chi connectivity index (χ1) is 23.1. The number of carbonyl (C=O) groups excluding carboxylic acids is 1. The number of nitrogens with zero attached hydrogens (tertiary/aromatic N) is 6. The fraction of sp³-hybridized carbons (Fsp3) is 0.211. The Bertz CT molecular complexity index is 1860. The van der Waals surface area contributed by atoms with Crippen LogP contribution in [0.1, 0.15) is 49.6 Å². The van der Waals surface area contributed by atoms with Gasteiger partial charge >= 0.3 is 0 Å². The summed E-state index contributed by atoms with van der Waals surface area (Å²) in [7, 11) is 0. The molecule has 7 rings (SSSR count). The van der Waals surface area contributed by atoms with E-state index < -0.39 is 0 Å². The van der Waals surface area contributed by atoms with E-state index in [1.807, 2.05) is 28.5 Å². The third kappa shape index (κ3) is 7.22. The lowest BCUT2D eigenvalue weighted by Crippen LogP contribution is -2.50. The van der Waals surface area contributed by atoms with E-state index in [0.717, 1.165) is 34.8 Å². The molecule has 236 valence electrons. The van der Waals surface area contributed by atoms with Gasteiger partial charge in [-0.15, -0.1) is 21.5 Å². The molecule has 0 unspecified atom stereocenters. The van der Waals surface area contributed by atoms with Crippen molar-refractivity contribution in [3.05, 3.63) is 159 Å². The van der Waals surface area contributed by atoms with Crippen LogP contribution in [-0.4, -0.2) is 61.6 Å². The fourth-order valence-corrected chi connectivity index (χ4v) is 7.83. The van der Waals surface area contributed by atoms with E-state index in [-0.39, 0.29) is 11.9 Å². The van der Waals surface area contributed by atoms with Gasteiger partial charge in [-0.2, -0.15) is 0 Å². The quantitative estimate of drug-likeness (QED) is 0.143. The van der Waals surface area contributed by atoms with Crippen molar-refractivity contribution in [2.45, 2.75) is 30.3 Å². The number of thioether (sulfide) groups is 1. The number of rotatable bonds is 10. The van der Waals surface area contributed by atoms with E-state index in [9.17, 15) is 4.79 Å². The molecule has 3 heterocycles. The molecule has 1 saturated heterocycles. The molecule has 1 amide bonds. The van der Waals surface area contributed by atoms with Crippen molar-refractivity contribution < 1.29 is 4.79 Å². The Morgan fingerprint density at radius 3 is 2.04 bits per heavy atom. The van der Waals surface area contributed by atoms with E-state index >= 15 is 0 Å². The summed E-state index contributed by atoms with van der Waals surface area (Å²) in [6.45, 7) is 5.02. The van der Waals surface area contributed by atoms with Gasteiger partial charge in [-0.25, -0.2) is 4.98 Å². The molecule has 0 spiro atoms. The van der Waals surface area contributed by atoms with Crippen molar-refractivity contribution in [3.63, 3.8) is 0 Å². The number of aromatic nitrogens is 4. The van der Waals surface area contributed by atoms with Crippen LogP contribution in [0.5, 0.6) is 0 Å². The zero-order valence-electron chi connectivity index (χ0n) is 26.3. The van der Waals surface area contributed by atoms with Gasteiger partial charge in [-0.3, -0.25) is 14.3 Å². The molecular weight excluding hydrogens is 621 g/mol. The Kier molecular flexibility index (Phi) is 9.55. The topological polar surface area (TPSA) is 67.2 Å². The van der Waals surface area contributed by atoms with Gasteiger partial charge < -0.3 is 4.90 Å². The number of aryl methyl sites for hydroxylation is 1. The summed E-state index contributed by atoms with van der Waals surface area (Å²) in [5.41, 5.74) is 6.48. The predicted molar refractivity (Wildman–Crippen MR) is 189 cm³/mol. The average molecular weight is 657 g/mol. The largest absolute Gasteiger partial charge is 0.335 e. The molecule has 2 aromatic heterocycles. The summed E-state index contributed by atoms with van der Waals surface area (Å²) in [5.74, 6) is 1.50. The third-order valence-electron chi connectivity index (χ3n) is 8.49. The fourth-order valence-electron chi connectivity index (χ4n) is 6.07. The number of benzene rings is 4. The van der Waals surface area contributed by atoms with Gasteiger partial charge in [0.05, 0.1) is 11.8 Å². The van der Waals surface area contributed by atoms with Crippen LogP contribution in [0.3, 0.4) is 0 Å². The van der Waals surface area contributed by atoms with Crippen molar-refractivity contribution in [2.24, 2.45) is 0 Å². The lowest BCUT2D eigenvalue weighted by Gasteiger charge is -2.39. The number of carbonyl (C=O) groups is 1. The van der Waals surface area contributed by atoms with Gasteiger partial charge in [0.1, 0.15) is 16.5 Å². The Hall–Kier alpha value is -4.57. The number of piperazine rings is 1. The van der Waals surface area contributed by atoms with Gasteiger partial charge in [0.15, 0.2) is 5.16 Å². The first-order valence-corrected chi connectivity index (χ1v) is 17.7. The molecule has 0 bridgehead atoms. The van der Waals surface area contributed by atoms with Crippen LogP contribution in [0.2, 0.25) is 0 Å². The van der Waals surface area contributed by atoms with Crippen LogP contribution in [0.25, 0.3) is 5.69 Å². The summed E-state index contributed by atoms with van der Waals surface area (Å²) in [6, 6.07) is 40.2. The van der Waals surface area contributed by atoms with Crippen LogP contribution in [-0.2, 0) is 12.2 Å². The molecule has 0 radical (unpaired) electrons. The summed E-state index contributed by atoms with van der Waals surface area (Å²) in [5, 5.41) is 12.8. The molecule has 6 aromatic rings. The van der Waals surface area contributed by atoms with Crippen LogP contribution in [0, 0.1) is 6.92 Å². The summed E-state index contributed by atoms with van der Waals surface area (Å²) in [6.07, 6.45) is 0.683. The highest BCUT2D eigenvalue weighted by Gasteiger charge is 2.29. The molecule has 4 aromatic carbocycles. The molecule has 47 heavy (non-hydrogen) atoms. The highest BCUT2D eigenvalue weighted by atomic mass is 32.2. The summed E-state index contributed by atoms with van der Waals surface area (Å²) < 4.78 is 2.13. The number of hydrogen-bond acceptors (Lipinski definition) is 7. The van der Waals surface area contributed by atoms with Gasteiger partial charge in [-0.1, -0.05) is 120 Å². The number of thiazole rings is 1. The minimum atomic E-state index is 0.00101. The highest BCUT2D eigenvalue weighted by molar-refractivity contribution is 7.98. The SMILES string of the molecule is Cc1ccc(-n2c(Cc3ccccc3)nnc2SCc2nc(C(=O)N3CCN(C(c4ccccc4)c4ccccc4)CC3)cs2)cc1. The Morgan fingerprint density at radius 2 is 1.40 bits per heavy atom. The summed E-state index contributed by atoms with van der Waals surface area (Å²) >= 11 is 3.12. The molecule has 0 aliphatic carbocycles. The Labute approximate surface area is 283 Å². The smallest absolute Gasteiger partial charge is 0.273 e. The second-order valence-electron chi connectivity index (χ2n) is 11.7. The molecule has 1 aliphatic rings. The molecule has 0 saturated carbocycles. The number of amides is 1. The second kappa shape index (κ2) is 14.5. The highest BCUT2D eigenvalue weighted by Crippen LogP contribution is 2.31. The van der Waals surface area contributed by atoms with Gasteiger partial charge in [0.25, 0.3) is 5.91 Å². The zero-order valence-corrected chi connectivity index (χ0v) is 27.9. The van der Waals surface area contributed by atoms with E-state index in [1.165, 1.54) is 33.6 Å². The van der Waals surface area contributed by atoms with Crippen LogP contribution < -0.4 is 0 Å². The molecular formula is C38H36N6OS2. The first kappa shape index (κ1) is 31.1. The molecule has 0 atom stereocenters. The van der Waals surface area contributed by atoms with Crippen molar-refractivity contribution in [1.29, 1.82) is 0 Å². The number of hydrogen-bond donors (Lipinski definition) is 0. The second-order valence-corrected chi connectivity index (χ2v) is 13.6. The maximum absolute atomic E-state index is 13.6. The lowest BCUT2D eigenvalue weighted by atomic mass is 9.96. The first-order valence-electron chi connectivity index (χ1n) is 15.9. The van der Waals surface area contributed by atoms with Crippen LogP contribution in [0.15, 0.2) is 126 Å². The maximum Gasteiger partial charge on any atom is 0.273 e. The normalized spacial score (nSPS) is 13.7. The molecule has 7 nitrogen and oxygen atoms in total. The van der Waals surface area contributed by atoms with E-state index in [2.05, 4.69) is 124 Å². The Morgan fingerprint density at radius 1 is 0.787 bits per heavy atom. The van der Waals surface area contributed by atoms with Crippen LogP contribution in [0.4, 0.5) is 0 Å². The van der Waals surface area contributed by atoms with Crippen molar-refractivity contribution in [1.82, 2.24) is 29.5 Å². The van der Waals surface area contributed by atoms with Crippen LogP contribution >= 0.6 is 23.1 Å². The van der Waals surface area contributed by atoms with E-state index in [4.69, 9.17) is 4.98 Å². The minimum Gasteiger partial charge on any atom is -0.335 e. The van der Waals surface area contributed by atoms with Crippen molar-refractivity contribution in [3.8, 4) is 5.69 Å². The van der Waals surface area contributed by atoms with Gasteiger partial charge in [0.2, 0.25) is 0 Å². The maximum atomic E-state index is 13.6. The zero-order chi connectivity index (χ0) is 32.0. The minimum absolute atomic E-state index is 0.00101. The lowest BCUT2D eigenvalue weighted by molar-refractivity contribution is 0.0592.